The van der Waals surface area contributed by atoms with Crippen molar-refractivity contribution >= 4 is 11.9 Å². The lowest BCUT2D eigenvalue weighted by Gasteiger charge is -2.31. The second kappa shape index (κ2) is 5.84. The highest BCUT2D eigenvalue weighted by Crippen LogP contribution is 2.21. The van der Waals surface area contributed by atoms with Gasteiger partial charge in [0.2, 0.25) is 5.91 Å². The molecule has 5 heteroatoms. The van der Waals surface area contributed by atoms with Gasteiger partial charge in [-0.3, -0.25) is 9.59 Å². The van der Waals surface area contributed by atoms with Crippen LogP contribution in [0.1, 0.15) is 32.6 Å². The van der Waals surface area contributed by atoms with Crippen LogP contribution in [0.3, 0.4) is 0 Å². The quantitative estimate of drug-likeness (QED) is 0.698. The Hall–Kier alpha value is -1.10. The standard InChI is InChI=1S/C11H19NO4/c1-7(11(14)15)10(13)12-8-5-3-4-6-9(8)16-2/h7-9H,3-6H2,1-2H3,(H,12,13)(H,14,15)/t7?,8-,9-/m0/s1. The number of carboxylic acid groups (broad SMARTS) is 1. The summed E-state index contributed by atoms with van der Waals surface area (Å²) in [6.45, 7) is 1.39. The number of aliphatic carboxylic acids is 1. The summed E-state index contributed by atoms with van der Waals surface area (Å²) in [4.78, 5) is 22.2. The summed E-state index contributed by atoms with van der Waals surface area (Å²) in [5, 5.41) is 11.5. The molecule has 0 aromatic rings. The Morgan fingerprint density at radius 1 is 1.38 bits per heavy atom. The maximum absolute atomic E-state index is 11.6. The Kier molecular flexibility index (Phi) is 4.73. The minimum absolute atomic E-state index is 0.0127. The van der Waals surface area contributed by atoms with Gasteiger partial charge in [0.25, 0.3) is 0 Å². The third kappa shape index (κ3) is 3.20. The minimum Gasteiger partial charge on any atom is -0.481 e. The molecule has 0 aliphatic heterocycles. The molecule has 92 valence electrons. The molecular formula is C11H19NO4. The monoisotopic (exact) mass is 229 g/mol. The molecule has 1 aliphatic rings. The molecule has 1 aliphatic carbocycles. The Labute approximate surface area is 95.2 Å². The van der Waals surface area contributed by atoms with Crippen LogP contribution >= 0.6 is 0 Å². The number of hydrogen-bond donors (Lipinski definition) is 2. The lowest BCUT2D eigenvalue weighted by atomic mass is 9.92. The van der Waals surface area contributed by atoms with Crippen LogP contribution in [0.25, 0.3) is 0 Å². The number of methoxy groups -OCH3 is 1. The number of ether oxygens (including phenoxy) is 1. The first-order chi connectivity index (χ1) is 7.56. The third-order valence-electron chi connectivity index (χ3n) is 3.10. The van der Waals surface area contributed by atoms with Gasteiger partial charge < -0.3 is 15.2 Å². The maximum Gasteiger partial charge on any atom is 0.315 e. The van der Waals surface area contributed by atoms with E-state index < -0.39 is 17.8 Å². The van der Waals surface area contributed by atoms with Gasteiger partial charge in [0.1, 0.15) is 5.92 Å². The number of nitrogens with one attached hydrogen (secondary N) is 1. The first-order valence-corrected chi connectivity index (χ1v) is 5.62. The second-order valence-corrected chi connectivity index (χ2v) is 4.23. The molecule has 0 heterocycles. The van der Waals surface area contributed by atoms with Gasteiger partial charge in [-0.1, -0.05) is 12.8 Å². The SMILES string of the molecule is CO[C@H]1CCCC[C@@H]1NC(=O)C(C)C(=O)O. The van der Waals surface area contributed by atoms with Crippen molar-refractivity contribution in [1.29, 1.82) is 0 Å². The van der Waals surface area contributed by atoms with E-state index in [9.17, 15) is 9.59 Å². The van der Waals surface area contributed by atoms with Crippen LogP contribution in [0.2, 0.25) is 0 Å². The first kappa shape index (κ1) is 13.0. The molecule has 1 unspecified atom stereocenters. The van der Waals surface area contributed by atoms with Crippen molar-refractivity contribution in [3.05, 3.63) is 0 Å². The van der Waals surface area contributed by atoms with E-state index in [0.717, 1.165) is 25.7 Å². The van der Waals surface area contributed by atoms with Crippen molar-refractivity contribution < 1.29 is 19.4 Å². The molecule has 1 fully saturated rings. The summed E-state index contributed by atoms with van der Waals surface area (Å²) in [5.41, 5.74) is 0. The van der Waals surface area contributed by atoms with Gasteiger partial charge in [0, 0.05) is 7.11 Å². The van der Waals surface area contributed by atoms with Gasteiger partial charge in [0.15, 0.2) is 0 Å². The fraction of sp³-hybridized carbons (Fsp3) is 0.818. The molecule has 1 rings (SSSR count). The van der Waals surface area contributed by atoms with E-state index in [1.807, 2.05) is 0 Å². The van der Waals surface area contributed by atoms with Crippen LogP contribution in [0.4, 0.5) is 0 Å². The predicted octanol–water partition coefficient (Wildman–Crippen LogP) is 0.781. The zero-order valence-corrected chi connectivity index (χ0v) is 9.73. The fourth-order valence-electron chi connectivity index (χ4n) is 1.96. The maximum atomic E-state index is 11.6. The van der Waals surface area contributed by atoms with Crippen LogP contribution < -0.4 is 5.32 Å². The van der Waals surface area contributed by atoms with E-state index in [0.29, 0.717) is 0 Å². The summed E-state index contributed by atoms with van der Waals surface area (Å²) < 4.78 is 5.28. The summed E-state index contributed by atoms with van der Waals surface area (Å²) in [6, 6.07) is -0.0481. The number of amides is 1. The average molecular weight is 229 g/mol. The molecule has 1 saturated carbocycles. The second-order valence-electron chi connectivity index (χ2n) is 4.23. The summed E-state index contributed by atoms with van der Waals surface area (Å²) in [6.07, 6.45) is 3.93. The molecular weight excluding hydrogens is 210 g/mol. The fourth-order valence-corrected chi connectivity index (χ4v) is 1.96. The van der Waals surface area contributed by atoms with Crippen LogP contribution in [0.5, 0.6) is 0 Å². The highest BCUT2D eigenvalue weighted by Gasteiger charge is 2.29. The van der Waals surface area contributed by atoms with E-state index >= 15 is 0 Å². The molecule has 0 aromatic heterocycles. The van der Waals surface area contributed by atoms with E-state index in [2.05, 4.69) is 5.32 Å². The van der Waals surface area contributed by atoms with Crippen molar-refractivity contribution in [2.45, 2.75) is 44.8 Å². The molecule has 16 heavy (non-hydrogen) atoms. The van der Waals surface area contributed by atoms with Gasteiger partial charge >= 0.3 is 5.97 Å². The van der Waals surface area contributed by atoms with Gasteiger partial charge in [-0.05, 0) is 19.8 Å². The molecule has 0 saturated heterocycles. The molecule has 0 aromatic carbocycles. The Bertz CT molecular complexity index is 267. The Morgan fingerprint density at radius 3 is 2.56 bits per heavy atom. The van der Waals surface area contributed by atoms with Crippen LogP contribution in [-0.4, -0.2) is 36.2 Å². The van der Waals surface area contributed by atoms with Crippen molar-refractivity contribution in [2.24, 2.45) is 5.92 Å². The molecule has 3 atom stereocenters. The van der Waals surface area contributed by atoms with E-state index in [1.54, 1.807) is 7.11 Å². The van der Waals surface area contributed by atoms with Gasteiger partial charge in [-0.15, -0.1) is 0 Å². The molecule has 2 N–H and O–H groups in total. The topological polar surface area (TPSA) is 75.6 Å². The number of carbonyl (C=O) groups is 2. The molecule has 0 spiro atoms. The largest absolute Gasteiger partial charge is 0.481 e. The van der Waals surface area contributed by atoms with E-state index in [-0.39, 0.29) is 12.1 Å². The third-order valence-corrected chi connectivity index (χ3v) is 3.10. The van der Waals surface area contributed by atoms with Gasteiger partial charge in [0.05, 0.1) is 12.1 Å². The first-order valence-electron chi connectivity index (χ1n) is 5.62. The highest BCUT2D eigenvalue weighted by atomic mass is 16.5. The molecule has 0 radical (unpaired) electrons. The highest BCUT2D eigenvalue weighted by molar-refractivity contribution is 5.96. The van der Waals surface area contributed by atoms with Gasteiger partial charge in [-0.25, -0.2) is 0 Å². The Balaban J connectivity index is 2.51. The number of carbonyl (C=O) groups excluding carboxylic acids is 1. The zero-order valence-electron chi connectivity index (χ0n) is 9.73. The van der Waals surface area contributed by atoms with Crippen molar-refractivity contribution in [3.8, 4) is 0 Å². The summed E-state index contributed by atoms with van der Waals surface area (Å²) >= 11 is 0. The van der Waals surface area contributed by atoms with Crippen molar-refractivity contribution in [1.82, 2.24) is 5.32 Å². The van der Waals surface area contributed by atoms with Crippen molar-refractivity contribution in [3.63, 3.8) is 0 Å². The smallest absolute Gasteiger partial charge is 0.315 e. The number of rotatable bonds is 4. The Morgan fingerprint density at radius 2 is 2.00 bits per heavy atom. The summed E-state index contributed by atoms with van der Waals surface area (Å²) in [5.74, 6) is -2.52. The van der Waals surface area contributed by atoms with Crippen molar-refractivity contribution in [2.75, 3.05) is 7.11 Å². The molecule has 1 amide bonds. The minimum atomic E-state index is -1.10. The zero-order chi connectivity index (χ0) is 12.1. The van der Waals surface area contributed by atoms with E-state index in [4.69, 9.17) is 9.84 Å². The van der Waals surface area contributed by atoms with Gasteiger partial charge in [-0.2, -0.15) is 0 Å². The number of hydrogen-bond acceptors (Lipinski definition) is 3. The lowest BCUT2D eigenvalue weighted by molar-refractivity contribution is -0.146. The van der Waals surface area contributed by atoms with E-state index in [1.165, 1.54) is 6.92 Å². The summed E-state index contributed by atoms with van der Waals surface area (Å²) in [7, 11) is 1.62. The number of carboxylic acids is 1. The van der Waals surface area contributed by atoms with Crippen LogP contribution in [0, 0.1) is 5.92 Å². The lowest BCUT2D eigenvalue weighted by Crippen LogP contribution is -2.48. The van der Waals surface area contributed by atoms with Crippen LogP contribution in [0.15, 0.2) is 0 Å². The average Bonchev–Trinajstić information content (AvgIpc) is 2.28. The van der Waals surface area contributed by atoms with Crippen LogP contribution in [-0.2, 0) is 14.3 Å². The normalized spacial score (nSPS) is 27.1. The molecule has 0 bridgehead atoms. The molecule has 5 nitrogen and oxygen atoms in total. The predicted molar refractivity (Wildman–Crippen MR) is 58.0 cm³/mol.